The molecule has 24 heavy (non-hydrogen) atoms. The fraction of sp³-hybridized carbons (Fsp3) is 0.650. The van der Waals surface area contributed by atoms with Crippen molar-refractivity contribution in [1.29, 1.82) is 0 Å². The standard InChI is InChI=1S/C20H27BrN2O/c1-23(2)17-5-3-14(4-6-17)12-22-18(24)19-8-15-7-16(9-19)11-20(21,10-15)13-19/h3-6,15-16H,7-13H2,1-2H3,(H,22,24). The molecule has 0 radical (unpaired) electrons. The van der Waals surface area contributed by atoms with E-state index in [1.165, 1.54) is 30.5 Å². The molecule has 130 valence electrons. The van der Waals surface area contributed by atoms with Gasteiger partial charge in [0, 0.05) is 30.7 Å². The first-order valence-corrected chi connectivity index (χ1v) is 9.90. The Morgan fingerprint density at radius 3 is 2.33 bits per heavy atom. The summed E-state index contributed by atoms with van der Waals surface area (Å²) in [5, 5.41) is 3.25. The fourth-order valence-electron chi connectivity index (χ4n) is 5.70. The number of nitrogens with zero attached hydrogens (tertiary/aromatic N) is 1. The summed E-state index contributed by atoms with van der Waals surface area (Å²) in [7, 11) is 4.08. The van der Waals surface area contributed by atoms with Crippen LogP contribution in [0.1, 0.15) is 44.1 Å². The highest BCUT2D eigenvalue weighted by atomic mass is 79.9. The van der Waals surface area contributed by atoms with Gasteiger partial charge in [0.1, 0.15) is 0 Å². The second kappa shape index (κ2) is 5.76. The molecule has 5 rings (SSSR count). The third-order valence-electron chi connectivity index (χ3n) is 6.38. The van der Waals surface area contributed by atoms with E-state index in [4.69, 9.17) is 0 Å². The molecule has 2 atom stereocenters. The topological polar surface area (TPSA) is 32.3 Å². The molecule has 0 heterocycles. The highest BCUT2D eigenvalue weighted by Crippen LogP contribution is 2.64. The van der Waals surface area contributed by atoms with Crippen LogP contribution in [0, 0.1) is 17.3 Å². The highest BCUT2D eigenvalue weighted by molar-refractivity contribution is 9.10. The summed E-state index contributed by atoms with van der Waals surface area (Å²) < 4.78 is 0.238. The molecule has 4 aliphatic rings. The van der Waals surface area contributed by atoms with Gasteiger partial charge < -0.3 is 10.2 Å². The lowest BCUT2D eigenvalue weighted by Crippen LogP contribution is -2.58. The molecule has 1 aromatic carbocycles. The summed E-state index contributed by atoms with van der Waals surface area (Å²) in [4.78, 5) is 15.1. The van der Waals surface area contributed by atoms with Gasteiger partial charge in [0.05, 0.1) is 5.41 Å². The van der Waals surface area contributed by atoms with E-state index in [1.807, 2.05) is 14.1 Å². The Morgan fingerprint density at radius 2 is 1.79 bits per heavy atom. The predicted molar refractivity (Wildman–Crippen MR) is 101 cm³/mol. The van der Waals surface area contributed by atoms with E-state index in [9.17, 15) is 4.79 Å². The molecule has 4 bridgehead atoms. The molecule has 0 saturated heterocycles. The van der Waals surface area contributed by atoms with Gasteiger partial charge in [0.25, 0.3) is 0 Å². The van der Waals surface area contributed by atoms with Gasteiger partial charge in [-0.3, -0.25) is 4.79 Å². The fourth-order valence-corrected chi connectivity index (χ4v) is 7.15. The van der Waals surface area contributed by atoms with Crippen molar-refractivity contribution in [2.75, 3.05) is 19.0 Å². The Morgan fingerprint density at radius 1 is 1.17 bits per heavy atom. The number of halogens is 1. The lowest BCUT2D eigenvalue weighted by Gasteiger charge is -2.59. The molecular weight excluding hydrogens is 364 g/mol. The minimum atomic E-state index is -0.114. The first kappa shape index (κ1) is 16.4. The van der Waals surface area contributed by atoms with Gasteiger partial charge in [-0.05, 0) is 68.1 Å². The van der Waals surface area contributed by atoms with Crippen molar-refractivity contribution in [1.82, 2.24) is 5.32 Å². The smallest absolute Gasteiger partial charge is 0.226 e. The molecule has 0 aliphatic heterocycles. The van der Waals surface area contributed by atoms with E-state index in [0.717, 1.165) is 31.1 Å². The van der Waals surface area contributed by atoms with E-state index in [1.54, 1.807) is 0 Å². The quantitative estimate of drug-likeness (QED) is 0.784. The predicted octanol–water partition coefficient (Wildman–Crippen LogP) is 4.10. The molecule has 0 aromatic heterocycles. The zero-order valence-electron chi connectivity index (χ0n) is 14.6. The number of benzene rings is 1. The van der Waals surface area contributed by atoms with Gasteiger partial charge in [-0.15, -0.1) is 0 Å². The van der Waals surface area contributed by atoms with Crippen molar-refractivity contribution >= 4 is 27.5 Å². The van der Waals surface area contributed by atoms with Crippen LogP contribution in [0.3, 0.4) is 0 Å². The number of hydrogen-bond donors (Lipinski definition) is 1. The summed E-state index contributed by atoms with van der Waals surface area (Å²) in [5.74, 6) is 1.78. The van der Waals surface area contributed by atoms with Crippen LogP contribution in [0.4, 0.5) is 5.69 Å². The third-order valence-corrected chi connectivity index (χ3v) is 7.31. The van der Waals surface area contributed by atoms with Crippen LogP contribution >= 0.6 is 15.9 Å². The number of carbonyl (C=O) groups is 1. The van der Waals surface area contributed by atoms with Crippen LogP contribution in [-0.4, -0.2) is 24.3 Å². The van der Waals surface area contributed by atoms with Crippen molar-refractivity contribution in [2.24, 2.45) is 17.3 Å². The molecule has 1 amide bonds. The van der Waals surface area contributed by atoms with E-state index >= 15 is 0 Å². The average Bonchev–Trinajstić information content (AvgIpc) is 2.50. The summed E-state index contributed by atoms with van der Waals surface area (Å²) in [6.45, 7) is 0.638. The maximum absolute atomic E-state index is 13.0. The first-order valence-electron chi connectivity index (χ1n) is 9.11. The SMILES string of the molecule is CN(C)c1ccc(CNC(=O)C23CC4CC(CC(Br)(C4)C2)C3)cc1. The normalized spacial score (nSPS) is 36.6. The van der Waals surface area contributed by atoms with Crippen molar-refractivity contribution in [3.63, 3.8) is 0 Å². The Balaban J connectivity index is 1.43. The Hall–Kier alpha value is -1.03. The minimum absolute atomic E-state index is 0.114. The summed E-state index contributed by atoms with van der Waals surface area (Å²) >= 11 is 3.99. The van der Waals surface area contributed by atoms with E-state index in [0.29, 0.717) is 6.54 Å². The number of alkyl halides is 1. The van der Waals surface area contributed by atoms with Crippen molar-refractivity contribution < 1.29 is 4.79 Å². The van der Waals surface area contributed by atoms with Crippen LogP contribution in [0.25, 0.3) is 0 Å². The lowest BCUT2D eigenvalue weighted by atomic mass is 9.49. The average molecular weight is 391 g/mol. The number of hydrogen-bond acceptors (Lipinski definition) is 2. The summed E-state index contributed by atoms with van der Waals surface area (Å²) in [6.07, 6.45) is 7.10. The monoisotopic (exact) mass is 390 g/mol. The van der Waals surface area contributed by atoms with Crippen molar-refractivity contribution in [3.8, 4) is 0 Å². The second-order valence-electron chi connectivity index (χ2n) is 8.64. The van der Waals surface area contributed by atoms with Crippen LogP contribution < -0.4 is 10.2 Å². The van der Waals surface area contributed by atoms with Gasteiger partial charge in [0.15, 0.2) is 0 Å². The lowest BCUT2D eigenvalue weighted by molar-refractivity contribution is -0.144. The molecule has 4 heteroatoms. The third kappa shape index (κ3) is 2.87. The van der Waals surface area contributed by atoms with Gasteiger partial charge in [0.2, 0.25) is 5.91 Å². The van der Waals surface area contributed by atoms with Crippen LogP contribution in [0.2, 0.25) is 0 Å². The first-order chi connectivity index (χ1) is 11.4. The minimum Gasteiger partial charge on any atom is -0.378 e. The Kier molecular flexibility index (Phi) is 3.94. The van der Waals surface area contributed by atoms with Crippen LogP contribution in [0.5, 0.6) is 0 Å². The highest BCUT2D eigenvalue weighted by Gasteiger charge is 2.59. The zero-order chi connectivity index (χ0) is 16.9. The zero-order valence-corrected chi connectivity index (χ0v) is 16.2. The summed E-state index contributed by atoms with van der Waals surface area (Å²) in [6, 6.07) is 8.45. The van der Waals surface area contributed by atoms with Gasteiger partial charge >= 0.3 is 0 Å². The Labute approximate surface area is 153 Å². The van der Waals surface area contributed by atoms with Crippen LogP contribution in [0.15, 0.2) is 24.3 Å². The molecule has 4 aliphatic carbocycles. The van der Waals surface area contributed by atoms with Gasteiger partial charge in [-0.2, -0.15) is 0 Å². The number of amides is 1. The molecule has 1 aromatic rings. The number of carbonyl (C=O) groups excluding carboxylic acids is 1. The number of rotatable bonds is 4. The molecule has 0 spiro atoms. The number of anilines is 1. The van der Waals surface area contributed by atoms with Crippen molar-refractivity contribution in [3.05, 3.63) is 29.8 Å². The van der Waals surface area contributed by atoms with Gasteiger partial charge in [-0.25, -0.2) is 0 Å². The molecule has 4 saturated carbocycles. The largest absolute Gasteiger partial charge is 0.378 e. The maximum atomic E-state index is 13.0. The van der Waals surface area contributed by atoms with E-state index in [-0.39, 0.29) is 15.6 Å². The van der Waals surface area contributed by atoms with Crippen LogP contribution in [-0.2, 0) is 11.3 Å². The number of nitrogens with one attached hydrogen (secondary N) is 1. The molecule has 1 N–H and O–H groups in total. The molecular formula is C20H27BrN2O. The molecule has 4 fully saturated rings. The van der Waals surface area contributed by atoms with Gasteiger partial charge in [-0.1, -0.05) is 28.1 Å². The maximum Gasteiger partial charge on any atom is 0.226 e. The summed E-state index contributed by atoms with van der Waals surface area (Å²) in [5.41, 5.74) is 2.25. The molecule has 2 unspecified atom stereocenters. The van der Waals surface area contributed by atoms with Crippen molar-refractivity contribution in [2.45, 2.75) is 49.4 Å². The van der Waals surface area contributed by atoms with E-state index < -0.39 is 0 Å². The van der Waals surface area contributed by atoms with E-state index in [2.05, 4.69) is 50.4 Å². The molecule has 3 nitrogen and oxygen atoms in total. The Bertz CT molecular complexity index is 626. The second-order valence-corrected chi connectivity index (χ2v) is 10.3.